The zero-order chi connectivity index (χ0) is 13.7. The highest BCUT2D eigenvalue weighted by Gasteiger charge is 2.10. The molecule has 0 saturated carbocycles. The molecule has 1 heterocycles. The molecule has 0 atom stereocenters. The minimum Gasteiger partial charge on any atom is -0.385 e. The highest BCUT2D eigenvalue weighted by Crippen LogP contribution is 2.25. The number of amides is 2. The fourth-order valence-corrected chi connectivity index (χ4v) is 2.55. The van der Waals surface area contributed by atoms with E-state index in [9.17, 15) is 9.59 Å². The smallest absolute Gasteiger partial charge is 0.234 e. The number of carbonyl (C=O) groups excluding carboxylic acids is 2. The van der Waals surface area contributed by atoms with Gasteiger partial charge in [-0.05, 0) is 36.6 Å². The Hall–Kier alpha value is -1.40. The number of nitrogens with two attached hydrogens (primary N) is 1. The van der Waals surface area contributed by atoms with Crippen LogP contribution in [0.4, 0.5) is 11.4 Å². The highest BCUT2D eigenvalue weighted by atomic mass is 35.5. The molecule has 2 rings (SSSR count). The first-order valence-corrected chi connectivity index (χ1v) is 7.33. The summed E-state index contributed by atoms with van der Waals surface area (Å²) in [5, 5.41) is 6.15. The van der Waals surface area contributed by atoms with Gasteiger partial charge in [-0.2, -0.15) is 0 Å². The number of benzene rings is 1. The van der Waals surface area contributed by atoms with Gasteiger partial charge in [0.1, 0.15) is 0 Å². The van der Waals surface area contributed by atoms with Crippen LogP contribution in [0.1, 0.15) is 12.0 Å². The Kier molecular flexibility index (Phi) is 6.67. The number of halogens is 1. The van der Waals surface area contributed by atoms with Gasteiger partial charge >= 0.3 is 0 Å². The second-order valence-corrected chi connectivity index (χ2v) is 5.40. The summed E-state index contributed by atoms with van der Waals surface area (Å²) in [4.78, 5) is 22.2. The summed E-state index contributed by atoms with van der Waals surface area (Å²) < 4.78 is 0. The van der Waals surface area contributed by atoms with Crippen molar-refractivity contribution in [1.82, 2.24) is 0 Å². The second-order valence-electron chi connectivity index (χ2n) is 4.41. The van der Waals surface area contributed by atoms with E-state index < -0.39 is 5.91 Å². The van der Waals surface area contributed by atoms with E-state index in [2.05, 4.69) is 10.6 Å². The van der Waals surface area contributed by atoms with Crippen molar-refractivity contribution in [2.45, 2.75) is 12.8 Å². The van der Waals surface area contributed by atoms with Crippen molar-refractivity contribution >= 4 is 47.4 Å². The van der Waals surface area contributed by atoms with Crippen LogP contribution in [-0.4, -0.2) is 29.9 Å². The predicted octanol–water partition coefficient (Wildman–Crippen LogP) is 1.62. The first kappa shape index (κ1) is 16.7. The van der Waals surface area contributed by atoms with Gasteiger partial charge in [0.05, 0.1) is 11.5 Å². The Bertz CT molecular complexity index is 497. The summed E-state index contributed by atoms with van der Waals surface area (Å²) in [6, 6.07) is 5.87. The SMILES string of the molecule is Cl.NC(=O)CSCC(=O)Nc1ccc2c(c1)CCCN2. The predicted molar refractivity (Wildman–Crippen MR) is 85.6 cm³/mol. The second kappa shape index (κ2) is 8.01. The van der Waals surface area contributed by atoms with E-state index in [1.807, 2.05) is 18.2 Å². The molecule has 1 aliphatic heterocycles. The number of hydrogen-bond acceptors (Lipinski definition) is 4. The van der Waals surface area contributed by atoms with Gasteiger partial charge in [-0.25, -0.2) is 0 Å². The molecule has 1 aromatic carbocycles. The third-order valence-electron chi connectivity index (χ3n) is 2.80. The molecule has 0 spiro atoms. The van der Waals surface area contributed by atoms with Gasteiger partial charge in [0.25, 0.3) is 0 Å². The molecule has 0 saturated heterocycles. The number of rotatable bonds is 5. The lowest BCUT2D eigenvalue weighted by Crippen LogP contribution is -2.18. The Morgan fingerprint density at radius 1 is 1.35 bits per heavy atom. The summed E-state index contributed by atoms with van der Waals surface area (Å²) >= 11 is 1.22. The number of nitrogens with one attached hydrogen (secondary N) is 2. The Morgan fingerprint density at radius 3 is 2.90 bits per heavy atom. The van der Waals surface area contributed by atoms with Crippen LogP contribution in [0.15, 0.2) is 18.2 Å². The van der Waals surface area contributed by atoms with E-state index in [4.69, 9.17) is 5.73 Å². The van der Waals surface area contributed by atoms with Crippen LogP contribution in [0.5, 0.6) is 0 Å². The van der Waals surface area contributed by atoms with Crippen molar-refractivity contribution in [1.29, 1.82) is 0 Å². The van der Waals surface area contributed by atoms with Gasteiger partial charge in [0.2, 0.25) is 11.8 Å². The average Bonchev–Trinajstić information content (AvgIpc) is 2.38. The summed E-state index contributed by atoms with van der Waals surface area (Å²) in [5.74, 6) is -0.118. The van der Waals surface area contributed by atoms with Crippen LogP contribution >= 0.6 is 24.2 Å². The minimum absolute atomic E-state index is 0. The largest absolute Gasteiger partial charge is 0.385 e. The fraction of sp³-hybridized carbons (Fsp3) is 0.385. The molecule has 0 bridgehead atoms. The number of thioether (sulfide) groups is 1. The molecule has 0 aromatic heterocycles. The summed E-state index contributed by atoms with van der Waals surface area (Å²) in [6.07, 6.45) is 2.14. The molecule has 110 valence electrons. The van der Waals surface area contributed by atoms with E-state index >= 15 is 0 Å². The van der Waals surface area contributed by atoms with Crippen LogP contribution in [0, 0.1) is 0 Å². The quantitative estimate of drug-likeness (QED) is 0.771. The number of anilines is 2. The van der Waals surface area contributed by atoms with Crippen molar-refractivity contribution in [2.24, 2.45) is 5.73 Å². The van der Waals surface area contributed by atoms with Crippen molar-refractivity contribution in [3.05, 3.63) is 23.8 Å². The molecule has 0 aliphatic carbocycles. The third kappa shape index (κ3) is 4.94. The molecule has 7 heteroatoms. The average molecular weight is 316 g/mol. The fourth-order valence-electron chi connectivity index (χ4n) is 1.99. The Morgan fingerprint density at radius 2 is 2.15 bits per heavy atom. The number of carbonyl (C=O) groups is 2. The van der Waals surface area contributed by atoms with Gasteiger partial charge in [-0.15, -0.1) is 24.2 Å². The number of fused-ring (bicyclic) bond motifs is 1. The van der Waals surface area contributed by atoms with Crippen LogP contribution in [0.3, 0.4) is 0 Å². The lowest BCUT2D eigenvalue weighted by molar-refractivity contribution is -0.115. The molecule has 4 N–H and O–H groups in total. The zero-order valence-corrected chi connectivity index (χ0v) is 12.6. The normalized spacial score (nSPS) is 12.6. The van der Waals surface area contributed by atoms with Gasteiger partial charge in [0.15, 0.2) is 0 Å². The summed E-state index contributed by atoms with van der Waals surface area (Å²) in [5.41, 5.74) is 8.18. The molecular formula is C13H18ClN3O2S. The lowest BCUT2D eigenvalue weighted by Gasteiger charge is -2.18. The van der Waals surface area contributed by atoms with E-state index in [-0.39, 0.29) is 29.8 Å². The highest BCUT2D eigenvalue weighted by molar-refractivity contribution is 8.00. The number of hydrogen-bond donors (Lipinski definition) is 3. The molecule has 5 nitrogen and oxygen atoms in total. The zero-order valence-electron chi connectivity index (χ0n) is 11.0. The van der Waals surface area contributed by atoms with Crippen molar-refractivity contribution in [3.63, 3.8) is 0 Å². The molecule has 0 unspecified atom stereocenters. The van der Waals surface area contributed by atoms with E-state index in [0.29, 0.717) is 0 Å². The molecule has 1 aromatic rings. The molecule has 20 heavy (non-hydrogen) atoms. The molecular weight excluding hydrogens is 298 g/mol. The Balaban J connectivity index is 0.00000200. The molecule has 0 fully saturated rings. The standard InChI is InChI=1S/C13H17N3O2S.ClH/c14-12(17)7-19-8-13(18)16-10-3-4-11-9(6-10)2-1-5-15-11;/h3-4,6,15H,1-2,5,7-8H2,(H2,14,17)(H,16,18);1H. The van der Waals surface area contributed by atoms with E-state index in [1.54, 1.807) is 0 Å². The maximum absolute atomic E-state index is 11.7. The van der Waals surface area contributed by atoms with E-state index in [0.717, 1.165) is 30.8 Å². The first-order valence-electron chi connectivity index (χ1n) is 6.18. The van der Waals surface area contributed by atoms with Crippen molar-refractivity contribution in [2.75, 3.05) is 28.7 Å². The topological polar surface area (TPSA) is 84.2 Å². The van der Waals surface area contributed by atoms with Gasteiger partial charge in [-0.1, -0.05) is 0 Å². The maximum atomic E-state index is 11.7. The first-order chi connectivity index (χ1) is 9.15. The van der Waals surface area contributed by atoms with Crippen LogP contribution in [-0.2, 0) is 16.0 Å². The lowest BCUT2D eigenvalue weighted by atomic mass is 10.0. The maximum Gasteiger partial charge on any atom is 0.234 e. The van der Waals surface area contributed by atoms with E-state index in [1.165, 1.54) is 17.3 Å². The molecule has 2 amide bonds. The van der Waals surface area contributed by atoms with Crippen molar-refractivity contribution in [3.8, 4) is 0 Å². The monoisotopic (exact) mass is 315 g/mol. The third-order valence-corrected chi connectivity index (χ3v) is 3.76. The number of primary amides is 1. The molecule has 1 aliphatic rings. The van der Waals surface area contributed by atoms with Gasteiger partial charge < -0.3 is 16.4 Å². The molecule has 0 radical (unpaired) electrons. The van der Waals surface area contributed by atoms with Crippen LogP contribution in [0.25, 0.3) is 0 Å². The Labute approximate surface area is 128 Å². The summed E-state index contributed by atoms with van der Waals surface area (Å²) in [6.45, 7) is 1.00. The van der Waals surface area contributed by atoms with Crippen LogP contribution < -0.4 is 16.4 Å². The van der Waals surface area contributed by atoms with Gasteiger partial charge in [-0.3, -0.25) is 9.59 Å². The van der Waals surface area contributed by atoms with Gasteiger partial charge in [0, 0.05) is 17.9 Å². The summed E-state index contributed by atoms with van der Waals surface area (Å²) in [7, 11) is 0. The minimum atomic E-state index is -0.405. The van der Waals surface area contributed by atoms with Crippen molar-refractivity contribution < 1.29 is 9.59 Å². The number of aryl methyl sites for hydroxylation is 1. The van der Waals surface area contributed by atoms with Crippen LogP contribution in [0.2, 0.25) is 0 Å².